The molecule has 2 aromatic carbocycles. The second-order valence-corrected chi connectivity index (χ2v) is 4.44. The van der Waals surface area contributed by atoms with E-state index >= 15 is 0 Å². The van der Waals surface area contributed by atoms with Crippen LogP contribution in [0, 0.1) is 23.0 Å². The van der Waals surface area contributed by atoms with Gasteiger partial charge in [0.2, 0.25) is 0 Å². The first kappa shape index (κ1) is 11.6. The van der Waals surface area contributed by atoms with Gasteiger partial charge in [0, 0.05) is 9.79 Å². The Morgan fingerprint density at radius 1 is 1.00 bits per heavy atom. The van der Waals surface area contributed by atoms with Crippen molar-refractivity contribution in [1.82, 2.24) is 0 Å². The van der Waals surface area contributed by atoms with Crippen molar-refractivity contribution < 1.29 is 8.78 Å². The number of nitrogens with zero attached hydrogens (tertiary/aromatic N) is 1. The summed E-state index contributed by atoms with van der Waals surface area (Å²) in [5.74, 6) is -2.09. The quantitative estimate of drug-likeness (QED) is 0.801. The van der Waals surface area contributed by atoms with Crippen LogP contribution in [0.4, 0.5) is 8.78 Å². The van der Waals surface area contributed by atoms with Crippen molar-refractivity contribution in [2.45, 2.75) is 9.79 Å². The lowest BCUT2D eigenvalue weighted by Crippen LogP contribution is -1.90. The third kappa shape index (κ3) is 2.63. The van der Waals surface area contributed by atoms with E-state index in [-0.39, 0.29) is 5.56 Å². The Hall–Kier alpha value is -1.86. The van der Waals surface area contributed by atoms with Gasteiger partial charge in [0.05, 0.1) is 5.56 Å². The smallest absolute Gasteiger partial charge is 0.176 e. The lowest BCUT2D eigenvalue weighted by molar-refractivity contribution is 0.503. The maximum Gasteiger partial charge on any atom is 0.176 e. The fourth-order valence-electron chi connectivity index (χ4n) is 1.33. The third-order valence-corrected chi connectivity index (χ3v) is 3.08. The summed E-state index contributed by atoms with van der Waals surface area (Å²) in [5, 5.41) is 8.67. The van der Waals surface area contributed by atoms with Gasteiger partial charge in [-0.2, -0.15) is 5.26 Å². The molecule has 84 valence electrons. The molecular weight excluding hydrogens is 240 g/mol. The third-order valence-electron chi connectivity index (χ3n) is 2.10. The SMILES string of the molecule is N#Cc1cc(Sc2ccccc2)cc(F)c1F. The highest BCUT2D eigenvalue weighted by molar-refractivity contribution is 7.99. The van der Waals surface area contributed by atoms with E-state index in [1.54, 1.807) is 6.07 Å². The van der Waals surface area contributed by atoms with E-state index in [0.29, 0.717) is 4.90 Å². The number of nitriles is 1. The van der Waals surface area contributed by atoms with Gasteiger partial charge >= 0.3 is 0 Å². The van der Waals surface area contributed by atoms with Crippen LogP contribution >= 0.6 is 11.8 Å². The molecule has 0 amide bonds. The first-order valence-electron chi connectivity index (χ1n) is 4.83. The van der Waals surface area contributed by atoms with Gasteiger partial charge in [0.1, 0.15) is 6.07 Å². The Morgan fingerprint density at radius 3 is 2.35 bits per heavy atom. The summed E-state index contributed by atoms with van der Waals surface area (Å²) in [6, 6.07) is 13.4. The second kappa shape index (κ2) is 4.98. The molecule has 0 fully saturated rings. The summed E-state index contributed by atoms with van der Waals surface area (Å²) in [7, 11) is 0. The number of hydrogen-bond acceptors (Lipinski definition) is 2. The zero-order chi connectivity index (χ0) is 12.3. The molecule has 0 radical (unpaired) electrons. The van der Waals surface area contributed by atoms with E-state index in [9.17, 15) is 8.78 Å². The molecule has 0 saturated heterocycles. The van der Waals surface area contributed by atoms with Crippen LogP contribution in [0.1, 0.15) is 5.56 Å². The maximum atomic E-state index is 13.2. The van der Waals surface area contributed by atoms with Crippen LogP contribution in [0.5, 0.6) is 0 Å². The molecule has 0 bridgehead atoms. The minimum atomic E-state index is -1.09. The monoisotopic (exact) mass is 247 g/mol. The Morgan fingerprint density at radius 2 is 1.71 bits per heavy atom. The van der Waals surface area contributed by atoms with Gasteiger partial charge in [0.25, 0.3) is 0 Å². The summed E-state index contributed by atoms with van der Waals surface area (Å²) in [5.41, 5.74) is -0.275. The predicted molar refractivity (Wildman–Crippen MR) is 61.6 cm³/mol. The molecule has 0 aliphatic heterocycles. The minimum absolute atomic E-state index is 0.275. The molecule has 0 aromatic heterocycles. The van der Waals surface area contributed by atoms with Crippen LogP contribution in [0.15, 0.2) is 52.3 Å². The zero-order valence-electron chi connectivity index (χ0n) is 8.65. The first-order valence-corrected chi connectivity index (χ1v) is 5.64. The van der Waals surface area contributed by atoms with E-state index in [4.69, 9.17) is 5.26 Å². The van der Waals surface area contributed by atoms with Crippen molar-refractivity contribution in [3.05, 3.63) is 59.7 Å². The lowest BCUT2D eigenvalue weighted by atomic mass is 10.2. The van der Waals surface area contributed by atoms with Gasteiger partial charge in [0.15, 0.2) is 11.6 Å². The average molecular weight is 247 g/mol. The molecule has 0 unspecified atom stereocenters. The Balaban J connectivity index is 2.35. The molecule has 1 nitrogen and oxygen atoms in total. The fourth-order valence-corrected chi connectivity index (χ4v) is 2.23. The fraction of sp³-hybridized carbons (Fsp3) is 0. The predicted octanol–water partition coefficient (Wildman–Crippen LogP) is 3.99. The highest BCUT2D eigenvalue weighted by atomic mass is 32.2. The van der Waals surface area contributed by atoms with E-state index in [2.05, 4.69) is 0 Å². The van der Waals surface area contributed by atoms with Crippen LogP contribution < -0.4 is 0 Å². The summed E-state index contributed by atoms with van der Waals surface area (Å²) in [6.45, 7) is 0. The van der Waals surface area contributed by atoms with Crippen molar-refractivity contribution in [3.63, 3.8) is 0 Å². The maximum absolute atomic E-state index is 13.2. The Kier molecular flexibility index (Phi) is 3.40. The van der Waals surface area contributed by atoms with Gasteiger partial charge in [-0.15, -0.1) is 0 Å². The van der Waals surface area contributed by atoms with Crippen molar-refractivity contribution in [2.24, 2.45) is 0 Å². The van der Waals surface area contributed by atoms with Gasteiger partial charge < -0.3 is 0 Å². The molecule has 17 heavy (non-hydrogen) atoms. The number of halogens is 2. The number of rotatable bonds is 2. The van der Waals surface area contributed by atoms with Crippen LogP contribution in [-0.2, 0) is 0 Å². The van der Waals surface area contributed by atoms with Crippen molar-refractivity contribution in [2.75, 3.05) is 0 Å². The first-order chi connectivity index (χ1) is 8.20. The number of hydrogen-bond donors (Lipinski definition) is 0. The minimum Gasteiger partial charge on any atom is -0.204 e. The van der Waals surface area contributed by atoms with E-state index in [1.165, 1.54) is 17.8 Å². The Bertz CT molecular complexity index is 576. The highest BCUT2D eigenvalue weighted by Crippen LogP contribution is 2.29. The van der Waals surface area contributed by atoms with Crippen molar-refractivity contribution >= 4 is 11.8 Å². The standard InChI is InChI=1S/C13H7F2NS/c14-12-7-11(6-9(8-16)13(12)15)17-10-4-2-1-3-5-10/h1-7H. The van der Waals surface area contributed by atoms with Crippen LogP contribution in [0.25, 0.3) is 0 Å². The molecule has 0 spiro atoms. The molecule has 0 N–H and O–H groups in total. The lowest BCUT2D eigenvalue weighted by Gasteiger charge is -2.03. The normalized spacial score (nSPS) is 9.94. The molecule has 2 aromatic rings. The summed E-state index contributed by atoms with van der Waals surface area (Å²) >= 11 is 1.28. The van der Waals surface area contributed by atoms with Crippen LogP contribution in [-0.4, -0.2) is 0 Å². The second-order valence-electron chi connectivity index (χ2n) is 3.29. The van der Waals surface area contributed by atoms with Gasteiger partial charge in [-0.25, -0.2) is 8.78 Å². The highest BCUT2D eigenvalue weighted by Gasteiger charge is 2.10. The van der Waals surface area contributed by atoms with E-state index < -0.39 is 11.6 Å². The molecular formula is C13H7F2NS. The van der Waals surface area contributed by atoms with Crippen molar-refractivity contribution in [3.8, 4) is 6.07 Å². The van der Waals surface area contributed by atoms with E-state index in [1.807, 2.05) is 30.3 Å². The molecule has 0 aliphatic rings. The molecule has 0 atom stereocenters. The largest absolute Gasteiger partial charge is 0.204 e. The number of benzene rings is 2. The molecule has 0 heterocycles. The Labute approximate surface area is 102 Å². The van der Waals surface area contributed by atoms with Crippen molar-refractivity contribution in [1.29, 1.82) is 5.26 Å². The van der Waals surface area contributed by atoms with Gasteiger partial charge in [-0.3, -0.25) is 0 Å². The van der Waals surface area contributed by atoms with E-state index in [0.717, 1.165) is 11.0 Å². The molecule has 0 aliphatic carbocycles. The summed E-state index contributed by atoms with van der Waals surface area (Å²) in [6.07, 6.45) is 0. The summed E-state index contributed by atoms with van der Waals surface area (Å²) in [4.78, 5) is 1.41. The topological polar surface area (TPSA) is 23.8 Å². The van der Waals surface area contributed by atoms with Crippen LogP contribution in [0.3, 0.4) is 0 Å². The van der Waals surface area contributed by atoms with Gasteiger partial charge in [-0.05, 0) is 24.3 Å². The van der Waals surface area contributed by atoms with Crippen LogP contribution in [0.2, 0.25) is 0 Å². The van der Waals surface area contributed by atoms with Gasteiger partial charge in [-0.1, -0.05) is 30.0 Å². The molecule has 4 heteroatoms. The molecule has 2 rings (SSSR count). The molecule has 0 saturated carbocycles. The average Bonchev–Trinajstić information content (AvgIpc) is 2.35. The zero-order valence-corrected chi connectivity index (χ0v) is 9.47. The summed E-state index contributed by atoms with van der Waals surface area (Å²) < 4.78 is 26.3.